The van der Waals surface area contributed by atoms with Gasteiger partial charge in [0.25, 0.3) is 0 Å². The molecule has 2 aromatic heterocycles. The number of hydrogen-bond donors (Lipinski definition) is 1. The van der Waals surface area contributed by atoms with E-state index in [0.29, 0.717) is 0 Å². The SMILES string of the molecule is Cc1cc(CNc2cncc(Br)c2)sc1C. The van der Waals surface area contributed by atoms with Crippen molar-refractivity contribution in [2.45, 2.75) is 20.4 Å². The lowest BCUT2D eigenvalue weighted by molar-refractivity contribution is 1.17. The largest absolute Gasteiger partial charge is 0.379 e. The highest BCUT2D eigenvalue weighted by Crippen LogP contribution is 2.22. The Morgan fingerprint density at radius 2 is 2.12 bits per heavy atom. The van der Waals surface area contributed by atoms with Gasteiger partial charge in [0.15, 0.2) is 0 Å². The summed E-state index contributed by atoms with van der Waals surface area (Å²) in [7, 11) is 0. The van der Waals surface area contributed by atoms with Gasteiger partial charge in [-0.05, 0) is 47.5 Å². The van der Waals surface area contributed by atoms with Crippen molar-refractivity contribution in [2.75, 3.05) is 5.32 Å². The van der Waals surface area contributed by atoms with Crippen molar-refractivity contribution in [3.63, 3.8) is 0 Å². The standard InChI is InChI=1S/C12H13BrN2S/c1-8-3-12(16-9(8)2)7-15-11-4-10(13)5-14-6-11/h3-6,15H,7H2,1-2H3. The molecule has 2 rings (SSSR count). The third-order valence-electron chi connectivity index (χ3n) is 2.39. The lowest BCUT2D eigenvalue weighted by atomic mass is 10.3. The molecule has 0 aliphatic heterocycles. The van der Waals surface area contributed by atoms with E-state index in [1.165, 1.54) is 15.3 Å². The topological polar surface area (TPSA) is 24.9 Å². The molecule has 0 atom stereocenters. The molecular formula is C12H13BrN2S. The predicted molar refractivity (Wildman–Crippen MR) is 73.1 cm³/mol. The molecule has 2 nitrogen and oxygen atoms in total. The summed E-state index contributed by atoms with van der Waals surface area (Å²) < 4.78 is 0.996. The zero-order chi connectivity index (χ0) is 11.5. The smallest absolute Gasteiger partial charge is 0.0540 e. The first-order chi connectivity index (χ1) is 7.65. The lowest BCUT2D eigenvalue weighted by Crippen LogP contribution is -1.97. The lowest BCUT2D eigenvalue weighted by Gasteiger charge is -2.03. The molecular weight excluding hydrogens is 284 g/mol. The minimum atomic E-state index is 0.859. The van der Waals surface area contributed by atoms with Crippen LogP contribution in [0.5, 0.6) is 0 Å². The van der Waals surface area contributed by atoms with Crippen molar-refractivity contribution >= 4 is 33.0 Å². The molecule has 2 aromatic rings. The zero-order valence-electron chi connectivity index (χ0n) is 9.25. The number of aromatic nitrogens is 1. The number of anilines is 1. The minimum Gasteiger partial charge on any atom is -0.379 e. The molecule has 0 aliphatic rings. The number of rotatable bonds is 3. The Morgan fingerprint density at radius 1 is 1.31 bits per heavy atom. The van der Waals surface area contributed by atoms with Gasteiger partial charge in [0.05, 0.1) is 11.9 Å². The minimum absolute atomic E-state index is 0.859. The number of pyridine rings is 1. The fraction of sp³-hybridized carbons (Fsp3) is 0.250. The van der Waals surface area contributed by atoms with E-state index < -0.39 is 0 Å². The van der Waals surface area contributed by atoms with Gasteiger partial charge in [-0.15, -0.1) is 11.3 Å². The van der Waals surface area contributed by atoms with Crippen LogP contribution in [0, 0.1) is 13.8 Å². The Morgan fingerprint density at radius 3 is 2.75 bits per heavy atom. The summed E-state index contributed by atoms with van der Waals surface area (Å²) in [6.45, 7) is 5.16. The van der Waals surface area contributed by atoms with Gasteiger partial charge in [0, 0.05) is 27.0 Å². The van der Waals surface area contributed by atoms with E-state index in [0.717, 1.165) is 16.7 Å². The van der Waals surface area contributed by atoms with Crippen molar-refractivity contribution in [3.8, 4) is 0 Å². The highest BCUT2D eigenvalue weighted by Gasteiger charge is 2.01. The highest BCUT2D eigenvalue weighted by atomic mass is 79.9. The van der Waals surface area contributed by atoms with Gasteiger partial charge in [-0.2, -0.15) is 0 Å². The summed E-state index contributed by atoms with van der Waals surface area (Å²) in [6.07, 6.45) is 3.61. The maximum Gasteiger partial charge on any atom is 0.0540 e. The van der Waals surface area contributed by atoms with E-state index in [1.54, 1.807) is 6.20 Å². The molecule has 1 N–H and O–H groups in total. The summed E-state index contributed by atoms with van der Waals surface area (Å²) in [5.41, 5.74) is 2.41. The van der Waals surface area contributed by atoms with Gasteiger partial charge in [0.1, 0.15) is 0 Å². The first-order valence-electron chi connectivity index (χ1n) is 5.05. The summed E-state index contributed by atoms with van der Waals surface area (Å²) in [4.78, 5) is 6.86. The van der Waals surface area contributed by atoms with Crippen LogP contribution in [0.1, 0.15) is 15.3 Å². The summed E-state index contributed by atoms with van der Waals surface area (Å²) in [6, 6.07) is 4.26. The molecule has 84 valence electrons. The average molecular weight is 297 g/mol. The maximum absolute atomic E-state index is 4.11. The number of nitrogens with zero attached hydrogens (tertiary/aromatic N) is 1. The molecule has 4 heteroatoms. The first-order valence-corrected chi connectivity index (χ1v) is 6.66. The van der Waals surface area contributed by atoms with E-state index in [1.807, 2.05) is 23.6 Å². The maximum atomic E-state index is 4.11. The Balaban J connectivity index is 2.02. The molecule has 0 saturated heterocycles. The molecule has 0 fully saturated rings. The summed E-state index contributed by atoms with van der Waals surface area (Å²) in [5, 5.41) is 3.36. The fourth-order valence-electron chi connectivity index (χ4n) is 1.43. The normalized spacial score (nSPS) is 10.4. The second kappa shape index (κ2) is 4.97. The molecule has 0 aromatic carbocycles. The van der Waals surface area contributed by atoms with Crippen LogP contribution >= 0.6 is 27.3 Å². The van der Waals surface area contributed by atoms with Crippen LogP contribution in [-0.2, 0) is 6.54 Å². The van der Waals surface area contributed by atoms with E-state index >= 15 is 0 Å². The molecule has 16 heavy (non-hydrogen) atoms. The van der Waals surface area contributed by atoms with Crippen LogP contribution < -0.4 is 5.32 Å². The number of hydrogen-bond acceptors (Lipinski definition) is 3. The van der Waals surface area contributed by atoms with E-state index in [2.05, 4.69) is 46.1 Å². The van der Waals surface area contributed by atoms with Crippen LogP contribution in [0.4, 0.5) is 5.69 Å². The third-order valence-corrected chi connectivity index (χ3v) is 3.97. The molecule has 0 amide bonds. The molecule has 0 radical (unpaired) electrons. The van der Waals surface area contributed by atoms with Crippen molar-refractivity contribution in [2.24, 2.45) is 0 Å². The van der Waals surface area contributed by atoms with Crippen LogP contribution in [-0.4, -0.2) is 4.98 Å². The molecule has 0 aliphatic carbocycles. The van der Waals surface area contributed by atoms with E-state index in [9.17, 15) is 0 Å². The van der Waals surface area contributed by atoms with Crippen LogP contribution in [0.25, 0.3) is 0 Å². The third kappa shape index (κ3) is 2.83. The van der Waals surface area contributed by atoms with Crippen LogP contribution in [0.3, 0.4) is 0 Å². The zero-order valence-corrected chi connectivity index (χ0v) is 11.7. The number of aryl methyl sites for hydroxylation is 2. The van der Waals surface area contributed by atoms with Gasteiger partial charge in [0.2, 0.25) is 0 Å². The summed E-state index contributed by atoms with van der Waals surface area (Å²) in [5.74, 6) is 0. The first kappa shape index (κ1) is 11.6. The van der Waals surface area contributed by atoms with Crippen molar-refractivity contribution in [3.05, 3.63) is 44.3 Å². The van der Waals surface area contributed by atoms with E-state index in [4.69, 9.17) is 0 Å². The Kier molecular flexibility index (Phi) is 3.61. The molecule has 0 saturated carbocycles. The Hall–Kier alpha value is -0.870. The summed E-state index contributed by atoms with van der Waals surface area (Å²) >= 11 is 5.25. The Bertz CT molecular complexity index is 474. The average Bonchev–Trinajstić information content (AvgIpc) is 2.56. The van der Waals surface area contributed by atoms with Crippen molar-refractivity contribution < 1.29 is 0 Å². The highest BCUT2D eigenvalue weighted by molar-refractivity contribution is 9.10. The predicted octanol–water partition coefficient (Wildman–Crippen LogP) is 4.13. The van der Waals surface area contributed by atoms with Crippen molar-refractivity contribution in [1.82, 2.24) is 4.98 Å². The second-order valence-electron chi connectivity index (χ2n) is 3.70. The van der Waals surface area contributed by atoms with Gasteiger partial charge in [-0.3, -0.25) is 4.98 Å². The van der Waals surface area contributed by atoms with Crippen LogP contribution in [0.15, 0.2) is 29.0 Å². The fourth-order valence-corrected chi connectivity index (χ4v) is 2.79. The van der Waals surface area contributed by atoms with Gasteiger partial charge in [-0.1, -0.05) is 0 Å². The quantitative estimate of drug-likeness (QED) is 0.921. The molecule has 0 unspecified atom stereocenters. The number of halogens is 1. The Labute approximate surface area is 108 Å². The molecule has 0 spiro atoms. The number of thiophene rings is 1. The van der Waals surface area contributed by atoms with E-state index in [-0.39, 0.29) is 0 Å². The van der Waals surface area contributed by atoms with Crippen LogP contribution in [0.2, 0.25) is 0 Å². The molecule has 2 heterocycles. The van der Waals surface area contributed by atoms with Gasteiger partial charge >= 0.3 is 0 Å². The number of nitrogens with one attached hydrogen (secondary N) is 1. The van der Waals surface area contributed by atoms with Crippen molar-refractivity contribution in [1.29, 1.82) is 0 Å². The monoisotopic (exact) mass is 296 g/mol. The van der Waals surface area contributed by atoms with Gasteiger partial charge < -0.3 is 5.32 Å². The van der Waals surface area contributed by atoms with Gasteiger partial charge in [-0.25, -0.2) is 0 Å². The molecule has 0 bridgehead atoms. The second-order valence-corrected chi connectivity index (χ2v) is 5.95.